The lowest BCUT2D eigenvalue weighted by molar-refractivity contribution is -0.118. The zero-order valence-corrected chi connectivity index (χ0v) is 8.14. The minimum atomic E-state index is -0.944. The van der Waals surface area contributed by atoms with Gasteiger partial charge in [0.05, 0.1) is 5.56 Å². The summed E-state index contributed by atoms with van der Waals surface area (Å²) < 4.78 is 1.64. The molecule has 0 aromatic carbocycles. The van der Waals surface area contributed by atoms with Crippen molar-refractivity contribution < 1.29 is 14.7 Å². The molecular weight excluding hydrogens is 196 g/mol. The first-order valence-electron chi connectivity index (χ1n) is 4.80. The van der Waals surface area contributed by atoms with Crippen LogP contribution in [-0.4, -0.2) is 21.6 Å². The number of rotatable bonds is 4. The second kappa shape index (κ2) is 3.42. The molecule has 1 saturated carbocycles. The molecule has 0 aliphatic heterocycles. The van der Waals surface area contributed by atoms with Gasteiger partial charge in [0, 0.05) is 17.8 Å². The third-order valence-electron chi connectivity index (χ3n) is 2.53. The van der Waals surface area contributed by atoms with E-state index in [2.05, 4.69) is 0 Å². The Balaban J connectivity index is 2.37. The maximum Gasteiger partial charge on any atom is 0.337 e. The zero-order chi connectivity index (χ0) is 11.0. The zero-order valence-electron chi connectivity index (χ0n) is 8.14. The van der Waals surface area contributed by atoms with Gasteiger partial charge >= 0.3 is 5.97 Å². The van der Waals surface area contributed by atoms with E-state index < -0.39 is 11.9 Å². The number of aromatic carboxylic acids is 1. The number of aromatic nitrogens is 1. The van der Waals surface area contributed by atoms with Crippen molar-refractivity contribution in [1.29, 1.82) is 0 Å². The number of hydrogen-bond acceptors (Lipinski definition) is 2. The molecule has 1 aromatic heterocycles. The lowest BCUT2D eigenvalue weighted by Gasteiger charge is -2.06. The topological polar surface area (TPSA) is 85.3 Å². The molecule has 1 heterocycles. The number of nitrogens with zero attached hydrogens (tertiary/aromatic N) is 1. The second-order valence-electron chi connectivity index (χ2n) is 3.79. The van der Waals surface area contributed by atoms with Crippen molar-refractivity contribution in [3.63, 3.8) is 0 Å². The highest BCUT2D eigenvalue weighted by molar-refractivity contribution is 5.89. The highest BCUT2D eigenvalue weighted by Crippen LogP contribution is 2.42. The molecule has 0 atom stereocenters. The minimum absolute atomic E-state index is 0.0547. The number of carbonyl (C=O) groups excluding carboxylic acids is 1. The minimum Gasteiger partial charge on any atom is -0.478 e. The Labute approximate surface area is 86.5 Å². The van der Waals surface area contributed by atoms with Gasteiger partial charge in [0.25, 0.3) is 0 Å². The van der Waals surface area contributed by atoms with Crippen LogP contribution in [-0.2, 0) is 11.3 Å². The highest BCUT2D eigenvalue weighted by Gasteiger charge is 2.31. The molecule has 15 heavy (non-hydrogen) atoms. The van der Waals surface area contributed by atoms with Crippen molar-refractivity contribution in [2.45, 2.75) is 25.3 Å². The molecule has 5 nitrogen and oxygen atoms in total. The Hall–Kier alpha value is -1.78. The number of carboxylic acids is 1. The predicted molar refractivity (Wildman–Crippen MR) is 52.6 cm³/mol. The van der Waals surface area contributed by atoms with Gasteiger partial charge in [0.2, 0.25) is 5.91 Å². The summed E-state index contributed by atoms with van der Waals surface area (Å²) in [5.41, 5.74) is 6.12. The van der Waals surface area contributed by atoms with Crippen LogP contribution in [0.5, 0.6) is 0 Å². The van der Waals surface area contributed by atoms with Crippen molar-refractivity contribution in [2.24, 2.45) is 5.73 Å². The monoisotopic (exact) mass is 208 g/mol. The number of nitrogens with two attached hydrogens (primary N) is 1. The first-order chi connectivity index (χ1) is 7.09. The quantitative estimate of drug-likeness (QED) is 0.757. The third kappa shape index (κ3) is 1.86. The number of carbonyl (C=O) groups is 2. The molecule has 0 saturated heterocycles. The van der Waals surface area contributed by atoms with E-state index in [0.29, 0.717) is 5.56 Å². The fourth-order valence-electron chi connectivity index (χ4n) is 1.78. The number of carboxylic acid groups (broad SMARTS) is 1. The molecule has 1 fully saturated rings. The van der Waals surface area contributed by atoms with Gasteiger partial charge in [-0.3, -0.25) is 4.79 Å². The van der Waals surface area contributed by atoms with Crippen molar-refractivity contribution >= 4 is 11.9 Å². The molecule has 1 aromatic rings. The largest absolute Gasteiger partial charge is 0.478 e. The van der Waals surface area contributed by atoms with E-state index in [1.54, 1.807) is 10.8 Å². The van der Waals surface area contributed by atoms with Crippen LogP contribution in [0.2, 0.25) is 0 Å². The molecule has 0 spiro atoms. The molecular formula is C10H12N2O3. The maximum atomic E-state index is 10.9. The van der Waals surface area contributed by atoms with Crippen LogP contribution in [0.25, 0.3) is 0 Å². The van der Waals surface area contributed by atoms with Crippen molar-refractivity contribution in [1.82, 2.24) is 4.57 Å². The smallest absolute Gasteiger partial charge is 0.337 e. The summed E-state index contributed by atoms with van der Waals surface area (Å²) in [7, 11) is 0. The molecule has 1 aliphatic carbocycles. The van der Waals surface area contributed by atoms with E-state index >= 15 is 0 Å². The van der Waals surface area contributed by atoms with Crippen molar-refractivity contribution in [2.75, 3.05) is 0 Å². The molecule has 1 aliphatic rings. The summed E-state index contributed by atoms with van der Waals surface area (Å²) in [6.45, 7) is 0.0547. The van der Waals surface area contributed by atoms with E-state index in [0.717, 1.165) is 18.5 Å². The average Bonchev–Trinajstić information content (AvgIpc) is 2.87. The first-order valence-corrected chi connectivity index (χ1v) is 4.80. The van der Waals surface area contributed by atoms with Crippen molar-refractivity contribution in [3.05, 3.63) is 23.5 Å². The first kappa shape index (κ1) is 9.76. The summed E-state index contributed by atoms with van der Waals surface area (Å²) in [5, 5.41) is 8.96. The Bertz CT molecular complexity index is 418. The Morgan fingerprint density at radius 2 is 2.20 bits per heavy atom. The summed E-state index contributed by atoms with van der Waals surface area (Å²) in [4.78, 5) is 21.7. The van der Waals surface area contributed by atoms with Crippen LogP contribution in [0.3, 0.4) is 0 Å². The highest BCUT2D eigenvalue weighted by atomic mass is 16.4. The predicted octanol–water partition coefficient (Wildman–Crippen LogP) is 0.549. The van der Waals surface area contributed by atoms with Crippen LogP contribution < -0.4 is 5.73 Å². The molecule has 5 heteroatoms. The second-order valence-corrected chi connectivity index (χ2v) is 3.79. The lowest BCUT2D eigenvalue weighted by atomic mass is 10.2. The van der Waals surface area contributed by atoms with E-state index in [1.165, 1.54) is 6.07 Å². The Morgan fingerprint density at radius 3 is 2.67 bits per heavy atom. The van der Waals surface area contributed by atoms with Crippen LogP contribution in [0, 0.1) is 0 Å². The van der Waals surface area contributed by atoms with Gasteiger partial charge in [-0.05, 0) is 18.9 Å². The Morgan fingerprint density at radius 1 is 1.53 bits per heavy atom. The van der Waals surface area contributed by atoms with Crippen LogP contribution in [0.1, 0.15) is 34.8 Å². The summed E-state index contributed by atoms with van der Waals surface area (Å²) >= 11 is 0. The molecule has 0 unspecified atom stereocenters. The summed E-state index contributed by atoms with van der Waals surface area (Å²) in [5.74, 6) is -1.12. The standard InChI is InChI=1S/C10H12N2O3/c11-8(13)5-12-4-3-7(10(14)15)9(12)6-1-2-6/h3-4,6H,1-2,5H2,(H2,11,13)(H,14,15). The van der Waals surface area contributed by atoms with E-state index in [4.69, 9.17) is 10.8 Å². The van der Waals surface area contributed by atoms with Gasteiger partial charge in [-0.15, -0.1) is 0 Å². The van der Waals surface area contributed by atoms with Gasteiger partial charge in [0.1, 0.15) is 6.54 Å². The van der Waals surface area contributed by atoms with Gasteiger partial charge in [-0.25, -0.2) is 4.79 Å². The summed E-state index contributed by atoms with van der Waals surface area (Å²) in [6.07, 6.45) is 3.59. The normalized spacial score (nSPS) is 15.2. The molecule has 0 radical (unpaired) electrons. The SMILES string of the molecule is NC(=O)Cn1ccc(C(=O)O)c1C1CC1. The van der Waals surface area contributed by atoms with Crippen LogP contribution >= 0.6 is 0 Å². The Kier molecular flexibility index (Phi) is 2.22. The lowest BCUT2D eigenvalue weighted by Crippen LogP contribution is -2.19. The molecule has 0 bridgehead atoms. The molecule has 1 amide bonds. The fourth-order valence-corrected chi connectivity index (χ4v) is 1.78. The van der Waals surface area contributed by atoms with E-state index in [9.17, 15) is 9.59 Å². The van der Waals surface area contributed by atoms with Gasteiger partial charge < -0.3 is 15.4 Å². The molecule has 2 rings (SSSR count). The summed E-state index contributed by atoms with van der Waals surface area (Å²) in [6, 6.07) is 1.53. The van der Waals surface area contributed by atoms with E-state index in [-0.39, 0.29) is 12.5 Å². The van der Waals surface area contributed by atoms with Crippen LogP contribution in [0.4, 0.5) is 0 Å². The maximum absolute atomic E-state index is 10.9. The fraction of sp³-hybridized carbons (Fsp3) is 0.400. The number of hydrogen-bond donors (Lipinski definition) is 2. The van der Waals surface area contributed by atoms with Crippen LogP contribution in [0.15, 0.2) is 12.3 Å². The third-order valence-corrected chi connectivity index (χ3v) is 2.53. The van der Waals surface area contributed by atoms with Gasteiger partial charge in [-0.2, -0.15) is 0 Å². The number of amides is 1. The molecule has 3 N–H and O–H groups in total. The van der Waals surface area contributed by atoms with Gasteiger partial charge in [-0.1, -0.05) is 0 Å². The van der Waals surface area contributed by atoms with Crippen molar-refractivity contribution in [3.8, 4) is 0 Å². The van der Waals surface area contributed by atoms with E-state index in [1.807, 2.05) is 0 Å². The van der Waals surface area contributed by atoms with Gasteiger partial charge in [0.15, 0.2) is 0 Å². The number of primary amides is 1. The average molecular weight is 208 g/mol. The molecule has 80 valence electrons.